The van der Waals surface area contributed by atoms with Gasteiger partial charge in [-0.1, -0.05) is 18.2 Å². The number of nitrogens with two attached hydrogens (primary N) is 1. The van der Waals surface area contributed by atoms with Crippen LogP contribution in [0.15, 0.2) is 48.5 Å². The number of aromatic amines is 1. The number of carbonyl (C=O) groups is 2. The maximum atomic E-state index is 13.4. The largest absolute Gasteiger partial charge is 0.497 e. The molecule has 1 unspecified atom stereocenters. The number of likely N-dealkylation sites (tertiary alicyclic amines) is 1. The van der Waals surface area contributed by atoms with Gasteiger partial charge in [0.25, 0.3) is 0 Å². The summed E-state index contributed by atoms with van der Waals surface area (Å²) in [6.07, 6.45) is 1.57. The van der Waals surface area contributed by atoms with Gasteiger partial charge in [0.2, 0.25) is 11.8 Å². The second-order valence-corrected chi connectivity index (χ2v) is 9.47. The van der Waals surface area contributed by atoms with Gasteiger partial charge in [-0.15, -0.1) is 0 Å². The molecule has 4 N–H and O–H groups in total. The minimum atomic E-state index is -0.478. The fourth-order valence-electron chi connectivity index (χ4n) is 5.63. The summed E-state index contributed by atoms with van der Waals surface area (Å²) in [5, 5.41) is 4.04. The van der Waals surface area contributed by atoms with Gasteiger partial charge in [-0.3, -0.25) is 19.8 Å². The minimum absolute atomic E-state index is 0.0209. The molecule has 3 aromatic rings. The molecule has 5 rings (SSSR count). The summed E-state index contributed by atoms with van der Waals surface area (Å²) < 4.78 is 11.4. The molecule has 1 spiro atoms. The highest BCUT2D eigenvalue weighted by Crippen LogP contribution is 2.45. The van der Waals surface area contributed by atoms with E-state index in [-0.39, 0.29) is 19.0 Å². The van der Waals surface area contributed by atoms with Crippen LogP contribution in [0.25, 0.3) is 10.9 Å². The maximum Gasteiger partial charge on any atom is 0.237 e. The molecule has 1 atom stereocenters. The number of benzene rings is 2. The Bertz CT molecular complexity index is 1240. The number of aromatic nitrogens is 1. The van der Waals surface area contributed by atoms with Gasteiger partial charge >= 0.3 is 0 Å². The number of carbonyl (C=O) groups excluding carboxylic acids is 2. The molecule has 0 saturated carbocycles. The smallest absolute Gasteiger partial charge is 0.237 e. The molecule has 9 nitrogen and oxygen atoms in total. The molecule has 2 aliphatic heterocycles. The summed E-state index contributed by atoms with van der Waals surface area (Å²) >= 11 is 0. The molecule has 190 valence electrons. The third kappa shape index (κ3) is 4.64. The number of fused-ring (bicyclic) bond motifs is 4. The van der Waals surface area contributed by atoms with Gasteiger partial charge in [-0.05, 0) is 48.7 Å². The zero-order valence-corrected chi connectivity index (χ0v) is 20.6. The number of hydrogen-bond donors (Lipinski definition) is 3. The van der Waals surface area contributed by atoms with Crippen LogP contribution in [-0.2, 0) is 21.5 Å². The van der Waals surface area contributed by atoms with E-state index in [1.807, 2.05) is 47.4 Å². The lowest BCUT2D eigenvalue weighted by molar-refractivity contribution is -0.137. The van der Waals surface area contributed by atoms with Crippen molar-refractivity contribution in [3.8, 4) is 11.5 Å². The average Bonchev–Trinajstić information content (AvgIpc) is 3.47. The number of methoxy groups -OCH3 is 1. The van der Waals surface area contributed by atoms with Gasteiger partial charge in [0.05, 0.1) is 25.7 Å². The molecular weight excluding hydrogens is 458 g/mol. The molecule has 9 heteroatoms. The van der Waals surface area contributed by atoms with Crippen LogP contribution in [0.3, 0.4) is 0 Å². The summed E-state index contributed by atoms with van der Waals surface area (Å²) in [6.45, 7) is 3.58. The van der Waals surface area contributed by atoms with Gasteiger partial charge in [0, 0.05) is 42.8 Å². The molecule has 0 radical (unpaired) electrons. The van der Waals surface area contributed by atoms with Crippen LogP contribution in [-0.4, -0.2) is 79.6 Å². The number of nitrogens with zero attached hydrogens (tertiary/aromatic N) is 2. The van der Waals surface area contributed by atoms with Crippen molar-refractivity contribution in [1.29, 1.82) is 0 Å². The molecule has 0 bridgehead atoms. The normalized spacial score (nSPS) is 19.5. The summed E-state index contributed by atoms with van der Waals surface area (Å²) in [5.41, 5.74) is 8.18. The highest BCUT2D eigenvalue weighted by molar-refractivity contribution is 5.88. The molecule has 1 fully saturated rings. The van der Waals surface area contributed by atoms with Crippen molar-refractivity contribution >= 4 is 22.7 Å². The van der Waals surface area contributed by atoms with Crippen LogP contribution >= 0.6 is 0 Å². The Morgan fingerprint density at radius 3 is 2.72 bits per heavy atom. The number of ether oxygens (including phenoxy) is 2. The maximum absolute atomic E-state index is 13.4. The molecule has 1 aromatic heterocycles. The number of para-hydroxylation sites is 1. The van der Waals surface area contributed by atoms with Crippen LogP contribution in [0.1, 0.15) is 17.7 Å². The zero-order valence-electron chi connectivity index (χ0n) is 20.6. The van der Waals surface area contributed by atoms with Gasteiger partial charge in [0.1, 0.15) is 18.1 Å². The average molecular weight is 492 g/mol. The topological polar surface area (TPSA) is 113 Å². The van der Waals surface area contributed by atoms with Crippen LogP contribution in [0, 0.1) is 0 Å². The number of nitrogens with one attached hydrogen (secondary N) is 2. The van der Waals surface area contributed by atoms with Crippen LogP contribution in [0.4, 0.5) is 0 Å². The number of H-pyrrole nitrogens is 1. The van der Waals surface area contributed by atoms with Crippen molar-refractivity contribution in [2.45, 2.75) is 18.4 Å². The Kier molecular flexibility index (Phi) is 6.84. The van der Waals surface area contributed by atoms with Crippen molar-refractivity contribution in [2.75, 3.05) is 53.0 Å². The van der Waals surface area contributed by atoms with Crippen LogP contribution in [0.5, 0.6) is 11.5 Å². The van der Waals surface area contributed by atoms with Crippen molar-refractivity contribution in [1.82, 2.24) is 20.1 Å². The van der Waals surface area contributed by atoms with E-state index in [0.29, 0.717) is 19.7 Å². The van der Waals surface area contributed by atoms with Crippen molar-refractivity contribution < 1.29 is 19.1 Å². The number of hydrogen-bond acceptors (Lipinski definition) is 6. The van der Waals surface area contributed by atoms with Gasteiger partial charge in [-0.2, -0.15) is 0 Å². The predicted octanol–water partition coefficient (Wildman–Crippen LogP) is 1.62. The second kappa shape index (κ2) is 10.2. The van der Waals surface area contributed by atoms with E-state index >= 15 is 0 Å². The Hall–Kier alpha value is -3.56. The summed E-state index contributed by atoms with van der Waals surface area (Å²) in [7, 11) is 1.67. The van der Waals surface area contributed by atoms with E-state index in [4.69, 9.17) is 15.2 Å². The molecule has 1 saturated heterocycles. The van der Waals surface area contributed by atoms with Gasteiger partial charge in [0.15, 0.2) is 0 Å². The molecule has 3 heterocycles. The van der Waals surface area contributed by atoms with E-state index in [9.17, 15) is 9.59 Å². The molecule has 2 aromatic carbocycles. The number of primary amides is 1. The second-order valence-electron chi connectivity index (χ2n) is 9.47. The molecule has 2 aliphatic rings. The summed E-state index contributed by atoms with van der Waals surface area (Å²) in [6, 6.07) is 15.9. The lowest BCUT2D eigenvalue weighted by atomic mass is 9.83. The third-order valence-corrected chi connectivity index (χ3v) is 7.30. The van der Waals surface area contributed by atoms with E-state index in [1.54, 1.807) is 7.11 Å². The van der Waals surface area contributed by atoms with Gasteiger partial charge < -0.3 is 25.1 Å². The number of rotatable bonds is 9. The van der Waals surface area contributed by atoms with E-state index in [1.165, 1.54) is 5.56 Å². The SMILES string of the molecule is COc1ccc2[nH]c3c(c2c1)CCN(C(=O)CNCC(N)=O)C31CCN(CCOc2ccccc2)C1. The molecular formula is C27H33N5O4. The zero-order chi connectivity index (χ0) is 25.1. The third-order valence-electron chi connectivity index (χ3n) is 7.30. The lowest BCUT2D eigenvalue weighted by Gasteiger charge is -2.45. The van der Waals surface area contributed by atoms with Crippen molar-refractivity contribution in [3.05, 3.63) is 59.8 Å². The Balaban J connectivity index is 1.40. The molecule has 2 amide bonds. The van der Waals surface area contributed by atoms with Gasteiger partial charge in [-0.25, -0.2) is 0 Å². The summed E-state index contributed by atoms with van der Waals surface area (Å²) in [4.78, 5) is 32.6. The van der Waals surface area contributed by atoms with Crippen molar-refractivity contribution in [3.63, 3.8) is 0 Å². The number of amides is 2. The monoisotopic (exact) mass is 491 g/mol. The first-order valence-corrected chi connectivity index (χ1v) is 12.4. The fraction of sp³-hybridized carbons (Fsp3) is 0.407. The van der Waals surface area contributed by atoms with Crippen LogP contribution < -0.4 is 20.5 Å². The quantitative estimate of drug-likeness (QED) is 0.419. The molecule has 36 heavy (non-hydrogen) atoms. The Labute approximate surface area is 210 Å². The first-order valence-electron chi connectivity index (χ1n) is 12.4. The predicted molar refractivity (Wildman–Crippen MR) is 137 cm³/mol. The van der Waals surface area contributed by atoms with Crippen molar-refractivity contribution in [2.24, 2.45) is 5.73 Å². The fourth-order valence-corrected chi connectivity index (χ4v) is 5.63. The Morgan fingerprint density at radius 1 is 1.11 bits per heavy atom. The highest BCUT2D eigenvalue weighted by atomic mass is 16.5. The minimum Gasteiger partial charge on any atom is -0.497 e. The van der Waals surface area contributed by atoms with E-state index in [0.717, 1.165) is 54.0 Å². The highest BCUT2D eigenvalue weighted by Gasteiger charge is 2.50. The van der Waals surface area contributed by atoms with E-state index in [2.05, 4.69) is 21.3 Å². The summed E-state index contributed by atoms with van der Waals surface area (Å²) in [5.74, 6) is 1.17. The standard InChI is InChI=1S/C27H33N5O4/c1-35-20-7-8-23-22(15-20)21-9-11-32(25(34)17-29-16-24(28)33)27(26(21)30-23)10-12-31(18-27)13-14-36-19-5-3-2-4-6-19/h2-8,15,29-30H,9-14,16-18H2,1H3,(H2,28,33). The lowest BCUT2D eigenvalue weighted by Crippen LogP contribution is -2.57. The first-order chi connectivity index (χ1) is 17.5. The molecule has 0 aliphatic carbocycles. The Morgan fingerprint density at radius 2 is 1.94 bits per heavy atom. The van der Waals surface area contributed by atoms with E-state index < -0.39 is 11.4 Å². The van der Waals surface area contributed by atoms with Crippen LogP contribution in [0.2, 0.25) is 0 Å². The first kappa shape index (κ1) is 24.1.